The highest BCUT2D eigenvalue weighted by atomic mass is 19.4. The number of nitrogens with one attached hydrogen (secondary N) is 1. The molecule has 0 atom stereocenters. The number of carbonyl (C=O) groups excluding carboxylic acids is 1. The number of likely N-dealkylation sites (N-methyl/N-ethyl adjacent to an activating group) is 1. The normalized spacial score (nSPS) is 15.6. The van der Waals surface area contributed by atoms with Crippen LogP contribution in [0.2, 0.25) is 0 Å². The van der Waals surface area contributed by atoms with Gasteiger partial charge in [0.15, 0.2) is 0 Å². The minimum atomic E-state index is -4.44. The van der Waals surface area contributed by atoms with Gasteiger partial charge in [0, 0.05) is 32.3 Å². The van der Waals surface area contributed by atoms with Crippen molar-refractivity contribution in [2.45, 2.75) is 31.6 Å². The van der Waals surface area contributed by atoms with Crippen LogP contribution in [0.15, 0.2) is 24.3 Å². The summed E-state index contributed by atoms with van der Waals surface area (Å²) >= 11 is 0. The number of nitrogens with zero attached hydrogens (tertiary/aromatic N) is 1. The van der Waals surface area contributed by atoms with E-state index >= 15 is 0 Å². The smallest absolute Gasteiger partial charge is 0.411 e. The van der Waals surface area contributed by atoms with Crippen molar-refractivity contribution in [3.8, 4) is 5.75 Å². The van der Waals surface area contributed by atoms with Gasteiger partial charge in [-0.3, -0.25) is 9.69 Å². The standard InChI is InChI=1S/C19H27F3N2O4/c1-24(16-5-8-26-9-6-16)7-10-28-17-4-2-3-15(11-17)12-23-18(25)13-27-14-19(20,21)22/h2-4,11,16H,5-10,12-14H2,1H3,(H,23,25). The molecule has 9 heteroatoms. The molecular formula is C19H27F3N2O4. The van der Waals surface area contributed by atoms with E-state index in [2.05, 4.69) is 22.0 Å². The number of hydrogen-bond donors (Lipinski definition) is 1. The van der Waals surface area contributed by atoms with Gasteiger partial charge in [-0.15, -0.1) is 0 Å². The molecule has 1 aliphatic heterocycles. The highest BCUT2D eigenvalue weighted by Gasteiger charge is 2.27. The Morgan fingerprint density at radius 2 is 2.07 bits per heavy atom. The van der Waals surface area contributed by atoms with Gasteiger partial charge in [0.2, 0.25) is 5.91 Å². The monoisotopic (exact) mass is 404 g/mol. The van der Waals surface area contributed by atoms with Gasteiger partial charge < -0.3 is 19.5 Å². The molecule has 0 unspecified atom stereocenters. The first-order valence-corrected chi connectivity index (χ1v) is 9.24. The van der Waals surface area contributed by atoms with Gasteiger partial charge in [-0.2, -0.15) is 13.2 Å². The highest BCUT2D eigenvalue weighted by molar-refractivity contribution is 5.77. The number of hydrogen-bond acceptors (Lipinski definition) is 5. The van der Waals surface area contributed by atoms with Gasteiger partial charge in [-0.05, 0) is 37.6 Å². The van der Waals surface area contributed by atoms with Gasteiger partial charge in [0.25, 0.3) is 0 Å². The van der Waals surface area contributed by atoms with Crippen molar-refractivity contribution >= 4 is 5.91 Å². The van der Waals surface area contributed by atoms with E-state index in [0.717, 1.165) is 38.2 Å². The molecule has 0 saturated carbocycles. The Bertz CT molecular complexity index is 607. The molecule has 6 nitrogen and oxygen atoms in total. The molecule has 2 rings (SSSR count). The molecule has 0 radical (unpaired) electrons. The summed E-state index contributed by atoms with van der Waals surface area (Å²) in [5, 5.41) is 2.52. The lowest BCUT2D eigenvalue weighted by Crippen LogP contribution is -2.38. The lowest BCUT2D eigenvalue weighted by molar-refractivity contribution is -0.175. The third-order valence-corrected chi connectivity index (χ3v) is 4.41. The summed E-state index contributed by atoms with van der Waals surface area (Å²) in [6, 6.07) is 7.74. The zero-order valence-corrected chi connectivity index (χ0v) is 16.0. The van der Waals surface area contributed by atoms with Crippen molar-refractivity contribution in [1.82, 2.24) is 10.2 Å². The van der Waals surface area contributed by atoms with E-state index in [4.69, 9.17) is 9.47 Å². The van der Waals surface area contributed by atoms with Crippen molar-refractivity contribution < 1.29 is 32.2 Å². The second-order valence-corrected chi connectivity index (χ2v) is 6.70. The quantitative estimate of drug-likeness (QED) is 0.649. The summed E-state index contributed by atoms with van der Waals surface area (Å²) in [5.74, 6) is 0.0779. The summed E-state index contributed by atoms with van der Waals surface area (Å²) in [4.78, 5) is 13.8. The fourth-order valence-electron chi connectivity index (χ4n) is 2.87. The summed E-state index contributed by atoms with van der Waals surface area (Å²) in [6.07, 6.45) is -2.39. The summed E-state index contributed by atoms with van der Waals surface area (Å²) < 4.78 is 51.4. The summed E-state index contributed by atoms with van der Waals surface area (Å²) in [6.45, 7) is 1.04. The molecule has 1 N–H and O–H groups in total. The second kappa shape index (κ2) is 11.2. The number of halogens is 3. The van der Waals surface area contributed by atoms with Gasteiger partial charge >= 0.3 is 6.18 Å². The number of amides is 1. The summed E-state index contributed by atoms with van der Waals surface area (Å²) in [7, 11) is 2.08. The number of carbonyl (C=O) groups is 1. The molecule has 0 aromatic heterocycles. The Morgan fingerprint density at radius 3 is 2.79 bits per heavy atom. The van der Waals surface area contributed by atoms with Crippen LogP contribution in [0, 0.1) is 0 Å². The van der Waals surface area contributed by atoms with Crippen LogP contribution < -0.4 is 10.1 Å². The molecule has 0 bridgehead atoms. The van der Waals surface area contributed by atoms with Crippen molar-refractivity contribution in [2.75, 3.05) is 46.6 Å². The van der Waals surface area contributed by atoms with Crippen LogP contribution in [0.1, 0.15) is 18.4 Å². The van der Waals surface area contributed by atoms with Crippen molar-refractivity contribution in [2.24, 2.45) is 0 Å². The lowest BCUT2D eigenvalue weighted by atomic mass is 10.1. The molecule has 1 aromatic carbocycles. The van der Waals surface area contributed by atoms with Crippen LogP contribution >= 0.6 is 0 Å². The summed E-state index contributed by atoms with van der Waals surface area (Å²) in [5.41, 5.74) is 0.791. The molecule has 1 heterocycles. The van der Waals surface area contributed by atoms with Crippen LogP contribution in [-0.2, 0) is 20.8 Å². The molecular weight excluding hydrogens is 377 g/mol. The van der Waals surface area contributed by atoms with Gasteiger partial charge in [0.1, 0.15) is 25.6 Å². The fourth-order valence-corrected chi connectivity index (χ4v) is 2.87. The van der Waals surface area contributed by atoms with Crippen LogP contribution in [0.4, 0.5) is 13.2 Å². The minimum Gasteiger partial charge on any atom is -0.492 e. The van der Waals surface area contributed by atoms with E-state index in [1.807, 2.05) is 6.07 Å². The first kappa shape index (κ1) is 22.4. The number of benzene rings is 1. The maximum absolute atomic E-state index is 12.0. The average Bonchev–Trinajstić information content (AvgIpc) is 2.66. The first-order valence-electron chi connectivity index (χ1n) is 9.24. The third-order valence-electron chi connectivity index (χ3n) is 4.41. The fraction of sp³-hybridized carbons (Fsp3) is 0.632. The lowest BCUT2D eigenvalue weighted by Gasteiger charge is -2.31. The Morgan fingerprint density at radius 1 is 1.32 bits per heavy atom. The molecule has 158 valence electrons. The Balaban J connectivity index is 1.67. The molecule has 1 amide bonds. The van der Waals surface area contributed by atoms with Crippen molar-refractivity contribution in [3.63, 3.8) is 0 Å². The van der Waals surface area contributed by atoms with E-state index in [9.17, 15) is 18.0 Å². The Kier molecular flexibility index (Phi) is 9.01. The molecule has 28 heavy (non-hydrogen) atoms. The third kappa shape index (κ3) is 8.90. The molecule has 1 saturated heterocycles. The SMILES string of the molecule is CN(CCOc1cccc(CNC(=O)COCC(F)(F)F)c1)C1CCOCC1. The molecule has 1 aromatic rings. The second-order valence-electron chi connectivity index (χ2n) is 6.70. The maximum atomic E-state index is 12.0. The topological polar surface area (TPSA) is 60.0 Å². The maximum Gasteiger partial charge on any atom is 0.411 e. The van der Waals surface area contributed by atoms with E-state index in [1.165, 1.54) is 0 Å². The average molecular weight is 404 g/mol. The van der Waals surface area contributed by atoms with E-state index in [1.54, 1.807) is 18.2 Å². The Labute approximate surface area is 162 Å². The van der Waals surface area contributed by atoms with E-state index in [-0.39, 0.29) is 6.54 Å². The van der Waals surface area contributed by atoms with Crippen LogP contribution in [-0.4, -0.2) is 69.7 Å². The first-order chi connectivity index (χ1) is 13.3. The van der Waals surface area contributed by atoms with E-state index in [0.29, 0.717) is 18.4 Å². The van der Waals surface area contributed by atoms with E-state index < -0.39 is 25.3 Å². The van der Waals surface area contributed by atoms with Gasteiger partial charge in [0.05, 0.1) is 0 Å². The molecule has 1 fully saturated rings. The zero-order valence-electron chi connectivity index (χ0n) is 16.0. The van der Waals surface area contributed by atoms with Gasteiger partial charge in [-0.25, -0.2) is 0 Å². The zero-order chi connectivity index (χ0) is 20.4. The van der Waals surface area contributed by atoms with Crippen LogP contribution in [0.3, 0.4) is 0 Å². The highest BCUT2D eigenvalue weighted by Crippen LogP contribution is 2.16. The van der Waals surface area contributed by atoms with Gasteiger partial charge in [-0.1, -0.05) is 12.1 Å². The van der Waals surface area contributed by atoms with Crippen molar-refractivity contribution in [1.29, 1.82) is 0 Å². The van der Waals surface area contributed by atoms with Crippen LogP contribution in [0.25, 0.3) is 0 Å². The predicted octanol–water partition coefficient (Wildman–Crippen LogP) is 2.37. The Hall–Kier alpha value is -1.84. The molecule has 0 spiro atoms. The predicted molar refractivity (Wildman–Crippen MR) is 97.1 cm³/mol. The molecule has 1 aliphatic rings. The number of alkyl halides is 3. The largest absolute Gasteiger partial charge is 0.492 e. The number of rotatable bonds is 10. The number of ether oxygens (including phenoxy) is 3. The van der Waals surface area contributed by atoms with Crippen molar-refractivity contribution in [3.05, 3.63) is 29.8 Å². The minimum absolute atomic E-state index is 0.188. The molecule has 0 aliphatic carbocycles. The van der Waals surface area contributed by atoms with Crippen LogP contribution in [0.5, 0.6) is 5.75 Å².